The maximum atomic E-state index is 11.5. The Bertz CT molecular complexity index is 386. The van der Waals surface area contributed by atoms with Crippen LogP contribution in [-0.2, 0) is 4.79 Å². The average molecular weight is 245 g/mol. The van der Waals surface area contributed by atoms with Crippen LogP contribution in [0, 0.1) is 0 Å². The third kappa shape index (κ3) is 2.11. The molecule has 0 aromatic heterocycles. The van der Waals surface area contributed by atoms with E-state index in [9.17, 15) is 4.79 Å². The standard InChI is InChI=1S/C11H10Cl2O2/c12-7-10(14)11(5-6-11)15-9-4-2-1-3-8(9)13/h1-4H,5-7H2. The number of rotatable bonds is 4. The maximum absolute atomic E-state index is 11.5. The molecular formula is C11H10Cl2O2. The summed E-state index contributed by atoms with van der Waals surface area (Å²) in [6, 6.07) is 7.13. The molecular weight excluding hydrogens is 235 g/mol. The van der Waals surface area contributed by atoms with Crippen LogP contribution in [0.3, 0.4) is 0 Å². The molecule has 1 fully saturated rings. The molecule has 0 bridgehead atoms. The molecule has 0 aliphatic heterocycles. The number of halogens is 2. The van der Waals surface area contributed by atoms with Crippen molar-refractivity contribution in [1.82, 2.24) is 0 Å². The number of alkyl halides is 1. The van der Waals surface area contributed by atoms with E-state index in [1.807, 2.05) is 12.1 Å². The van der Waals surface area contributed by atoms with Gasteiger partial charge < -0.3 is 4.74 Å². The summed E-state index contributed by atoms with van der Waals surface area (Å²) in [7, 11) is 0. The molecule has 4 heteroatoms. The third-order valence-electron chi connectivity index (χ3n) is 2.48. The first-order valence-corrected chi connectivity index (χ1v) is 5.62. The summed E-state index contributed by atoms with van der Waals surface area (Å²) in [5, 5.41) is 0.520. The molecule has 15 heavy (non-hydrogen) atoms. The van der Waals surface area contributed by atoms with Gasteiger partial charge in [0.2, 0.25) is 0 Å². The minimum absolute atomic E-state index is 0.00947. The van der Waals surface area contributed by atoms with Crippen molar-refractivity contribution in [2.45, 2.75) is 18.4 Å². The van der Waals surface area contributed by atoms with E-state index in [1.54, 1.807) is 12.1 Å². The predicted molar refractivity (Wildman–Crippen MR) is 59.8 cm³/mol. The zero-order chi connectivity index (χ0) is 10.9. The number of Topliss-reactive ketones (excluding diaryl/α,β-unsaturated/α-hetero) is 1. The highest BCUT2D eigenvalue weighted by Gasteiger charge is 2.52. The lowest BCUT2D eigenvalue weighted by Gasteiger charge is -2.16. The molecule has 2 rings (SSSR count). The van der Waals surface area contributed by atoms with Crippen LogP contribution < -0.4 is 4.74 Å². The Morgan fingerprint density at radius 2 is 2.07 bits per heavy atom. The Labute approximate surface area is 98.1 Å². The molecule has 0 saturated heterocycles. The van der Waals surface area contributed by atoms with Gasteiger partial charge in [0.1, 0.15) is 5.75 Å². The predicted octanol–water partition coefficient (Wildman–Crippen LogP) is 3.06. The normalized spacial score (nSPS) is 17.2. The molecule has 0 spiro atoms. The van der Waals surface area contributed by atoms with Gasteiger partial charge in [-0.3, -0.25) is 4.79 Å². The van der Waals surface area contributed by atoms with Crippen LogP contribution in [0.2, 0.25) is 5.02 Å². The number of hydrogen-bond donors (Lipinski definition) is 0. The Morgan fingerprint density at radius 3 is 2.60 bits per heavy atom. The third-order valence-corrected chi connectivity index (χ3v) is 3.03. The van der Waals surface area contributed by atoms with Crippen molar-refractivity contribution in [3.05, 3.63) is 29.3 Å². The number of ether oxygens (including phenoxy) is 1. The smallest absolute Gasteiger partial charge is 0.190 e. The quantitative estimate of drug-likeness (QED) is 0.762. The average Bonchev–Trinajstić information content (AvgIpc) is 3.01. The topological polar surface area (TPSA) is 26.3 Å². The van der Waals surface area contributed by atoms with Gasteiger partial charge in [-0.15, -0.1) is 11.6 Å². The largest absolute Gasteiger partial charge is 0.478 e. The molecule has 80 valence electrons. The molecule has 1 aliphatic carbocycles. The van der Waals surface area contributed by atoms with Gasteiger partial charge in [-0.05, 0) is 25.0 Å². The van der Waals surface area contributed by atoms with Crippen LogP contribution in [0.1, 0.15) is 12.8 Å². The fraction of sp³-hybridized carbons (Fsp3) is 0.364. The number of para-hydroxylation sites is 1. The second kappa shape index (κ2) is 4.03. The second-order valence-corrected chi connectivity index (χ2v) is 4.26. The van der Waals surface area contributed by atoms with Crippen LogP contribution >= 0.6 is 23.2 Å². The second-order valence-electron chi connectivity index (χ2n) is 3.58. The number of hydrogen-bond acceptors (Lipinski definition) is 2. The van der Waals surface area contributed by atoms with Crippen LogP contribution in [-0.4, -0.2) is 17.3 Å². The van der Waals surface area contributed by atoms with Crippen molar-refractivity contribution in [2.75, 3.05) is 5.88 Å². The zero-order valence-electron chi connectivity index (χ0n) is 8.00. The number of carbonyl (C=O) groups excluding carboxylic acids is 1. The van der Waals surface area contributed by atoms with Crippen LogP contribution in [0.5, 0.6) is 5.75 Å². The van der Waals surface area contributed by atoms with Gasteiger partial charge in [-0.2, -0.15) is 0 Å². The van der Waals surface area contributed by atoms with E-state index in [4.69, 9.17) is 27.9 Å². The Kier molecular flexibility index (Phi) is 2.89. The van der Waals surface area contributed by atoms with Gasteiger partial charge in [0.15, 0.2) is 11.4 Å². The summed E-state index contributed by atoms with van der Waals surface area (Å²) in [6.07, 6.45) is 1.45. The SMILES string of the molecule is O=C(CCl)C1(Oc2ccccc2Cl)CC1. The molecule has 0 heterocycles. The molecule has 1 saturated carbocycles. The maximum Gasteiger partial charge on any atom is 0.190 e. The molecule has 0 radical (unpaired) electrons. The lowest BCUT2D eigenvalue weighted by molar-refractivity contribution is -0.125. The summed E-state index contributed by atoms with van der Waals surface area (Å²) in [5.74, 6) is 0.476. The summed E-state index contributed by atoms with van der Waals surface area (Å²) >= 11 is 11.5. The number of benzene rings is 1. The summed E-state index contributed by atoms with van der Waals surface area (Å²) in [5.41, 5.74) is -0.702. The summed E-state index contributed by atoms with van der Waals surface area (Å²) in [6.45, 7) is 0. The van der Waals surface area contributed by atoms with Gasteiger partial charge in [-0.25, -0.2) is 0 Å². The first kappa shape index (κ1) is 10.8. The van der Waals surface area contributed by atoms with E-state index < -0.39 is 5.60 Å². The van der Waals surface area contributed by atoms with Crippen molar-refractivity contribution in [1.29, 1.82) is 0 Å². The first-order valence-electron chi connectivity index (χ1n) is 4.71. The fourth-order valence-corrected chi connectivity index (χ4v) is 1.83. The van der Waals surface area contributed by atoms with Crippen molar-refractivity contribution in [3.63, 3.8) is 0 Å². The van der Waals surface area contributed by atoms with Crippen LogP contribution in [0.25, 0.3) is 0 Å². The minimum Gasteiger partial charge on any atom is -0.478 e. The molecule has 0 amide bonds. The van der Waals surface area contributed by atoms with Gasteiger partial charge in [0, 0.05) is 0 Å². The highest BCUT2D eigenvalue weighted by molar-refractivity contribution is 6.32. The molecule has 0 atom stereocenters. The highest BCUT2D eigenvalue weighted by Crippen LogP contribution is 2.42. The van der Waals surface area contributed by atoms with E-state index >= 15 is 0 Å². The van der Waals surface area contributed by atoms with E-state index in [0.717, 1.165) is 12.8 Å². The number of ketones is 1. The molecule has 2 nitrogen and oxygen atoms in total. The molecule has 1 aromatic carbocycles. The molecule has 1 aromatic rings. The van der Waals surface area contributed by atoms with Crippen LogP contribution in [0.15, 0.2) is 24.3 Å². The van der Waals surface area contributed by atoms with Gasteiger partial charge in [0.25, 0.3) is 0 Å². The van der Waals surface area contributed by atoms with Gasteiger partial charge in [-0.1, -0.05) is 23.7 Å². The molecule has 0 unspecified atom stereocenters. The summed E-state index contributed by atoms with van der Waals surface area (Å²) in [4.78, 5) is 11.5. The van der Waals surface area contributed by atoms with Crippen molar-refractivity contribution in [2.24, 2.45) is 0 Å². The van der Waals surface area contributed by atoms with E-state index in [0.29, 0.717) is 10.8 Å². The minimum atomic E-state index is -0.702. The Hall–Kier alpha value is -0.730. The lowest BCUT2D eigenvalue weighted by Crippen LogP contribution is -2.30. The van der Waals surface area contributed by atoms with Crippen LogP contribution in [0.4, 0.5) is 0 Å². The van der Waals surface area contributed by atoms with Crippen molar-refractivity contribution in [3.8, 4) is 5.75 Å². The molecule has 1 aliphatic rings. The first-order chi connectivity index (χ1) is 7.18. The zero-order valence-corrected chi connectivity index (χ0v) is 9.52. The van der Waals surface area contributed by atoms with Crippen molar-refractivity contribution < 1.29 is 9.53 Å². The van der Waals surface area contributed by atoms with E-state index in [-0.39, 0.29) is 11.7 Å². The summed E-state index contributed by atoms with van der Waals surface area (Å²) < 4.78 is 5.63. The van der Waals surface area contributed by atoms with Gasteiger partial charge >= 0.3 is 0 Å². The fourth-order valence-electron chi connectivity index (χ4n) is 1.41. The Morgan fingerprint density at radius 1 is 1.40 bits per heavy atom. The number of carbonyl (C=O) groups is 1. The van der Waals surface area contributed by atoms with Gasteiger partial charge in [0.05, 0.1) is 10.9 Å². The van der Waals surface area contributed by atoms with E-state index in [2.05, 4.69) is 0 Å². The Balaban J connectivity index is 2.16. The lowest BCUT2D eigenvalue weighted by atomic mass is 10.2. The molecule has 0 N–H and O–H groups in total. The monoisotopic (exact) mass is 244 g/mol. The van der Waals surface area contributed by atoms with E-state index in [1.165, 1.54) is 0 Å². The highest BCUT2D eigenvalue weighted by atomic mass is 35.5. The van der Waals surface area contributed by atoms with Crippen molar-refractivity contribution >= 4 is 29.0 Å².